The van der Waals surface area contributed by atoms with Gasteiger partial charge in [0.15, 0.2) is 24.7 Å². The van der Waals surface area contributed by atoms with Crippen LogP contribution in [0, 0.1) is 49.4 Å². The highest BCUT2D eigenvalue weighted by Gasteiger charge is 2.30. The van der Waals surface area contributed by atoms with E-state index in [2.05, 4.69) is 0 Å². The van der Waals surface area contributed by atoms with Crippen molar-refractivity contribution < 1.29 is 22.7 Å². The molecule has 0 radical (unpaired) electrons. The van der Waals surface area contributed by atoms with Gasteiger partial charge < -0.3 is 5.11 Å². The Morgan fingerprint density at radius 2 is 1.08 bits per heavy atom. The summed E-state index contributed by atoms with van der Waals surface area (Å²) in [5.74, 6) is 6.82. The van der Waals surface area contributed by atoms with Gasteiger partial charge in [0.2, 0.25) is 0 Å². The molecule has 122 valence electrons. The van der Waals surface area contributed by atoms with Crippen LogP contribution in [0.2, 0.25) is 0 Å². The first kappa shape index (κ1) is 19.2. The quantitative estimate of drug-likeness (QED) is 0.643. The fourth-order valence-corrected chi connectivity index (χ4v) is 2.35. The van der Waals surface area contributed by atoms with E-state index in [1.165, 1.54) is 0 Å². The van der Waals surface area contributed by atoms with Crippen LogP contribution in [-0.4, -0.2) is 5.11 Å². The lowest BCUT2D eigenvalue weighted by Crippen LogP contribution is -2.13. The summed E-state index contributed by atoms with van der Waals surface area (Å²) in [7, 11) is 0. The molecule has 4 atom stereocenters. The largest absolute Gasteiger partial charge is 0.392 e. The Labute approximate surface area is 138 Å². The van der Waals surface area contributed by atoms with E-state index in [0.29, 0.717) is 0 Å². The second kappa shape index (κ2) is 8.12. The van der Waals surface area contributed by atoms with E-state index in [-0.39, 0.29) is 0 Å². The molecule has 4 unspecified atom stereocenters. The summed E-state index contributed by atoms with van der Waals surface area (Å²) in [4.78, 5) is 0. The highest BCUT2D eigenvalue weighted by Crippen LogP contribution is 2.40. The summed E-state index contributed by atoms with van der Waals surface area (Å²) in [6.07, 6.45) is 11.2. The standard InChI is InChI=1S/C19H12F4O/c1-5-14(20)11-9-12(15(21)6-2)19(17(23)8-4)13(10-24)18(11)16(22)7-3/h1-4,9,14-17,24H,10H2. The number of alkyl halides is 4. The molecule has 5 heteroatoms. The molecule has 0 aromatic heterocycles. The van der Waals surface area contributed by atoms with Gasteiger partial charge in [-0.2, -0.15) is 0 Å². The minimum absolute atomic E-state index is 0.464. The molecule has 0 aliphatic carbocycles. The van der Waals surface area contributed by atoms with Gasteiger partial charge in [0, 0.05) is 22.3 Å². The van der Waals surface area contributed by atoms with Crippen molar-refractivity contribution >= 4 is 0 Å². The molecule has 1 aromatic carbocycles. The average molecular weight is 332 g/mol. The van der Waals surface area contributed by atoms with Crippen molar-refractivity contribution in [3.63, 3.8) is 0 Å². The molecule has 0 heterocycles. The van der Waals surface area contributed by atoms with Gasteiger partial charge in [-0.05, 0) is 11.6 Å². The lowest BCUT2D eigenvalue weighted by molar-refractivity contribution is 0.270. The van der Waals surface area contributed by atoms with Gasteiger partial charge in [-0.1, -0.05) is 23.7 Å². The fourth-order valence-electron chi connectivity index (χ4n) is 2.35. The summed E-state index contributed by atoms with van der Waals surface area (Å²) < 4.78 is 56.4. The summed E-state index contributed by atoms with van der Waals surface area (Å²) in [5.41, 5.74) is -2.58. The molecule has 1 aromatic rings. The van der Waals surface area contributed by atoms with Crippen LogP contribution >= 0.6 is 0 Å². The highest BCUT2D eigenvalue weighted by atomic mass is 19.1. The predicted octanol–water partition coefficient (Wildman–Crippen LogP) is 3.75. The van der Waals surface area contributed by atoms with Gasteiger partial charge in [-0.25, -0.2) is 17.6 Å². The zero-order chi connectivity index (χ0) is 18.4. The van der Waals surface area contributed by atoms with Crippen molar-refractivity contribution in [1.82, 2.24) is 0 Å². The molecule has 0 bridgehead atoms. The van der Waals surface area contributed by atoms with Gasteiger partial charge >= 0.3 is 0 Å². The second-order valence-corrected chi connectivity index (χ2v) is 4.64. The molecule has 1 nitrogen and oxygen atoms in total. The Morgan fingerprint density at radius 3 is 1.33 bits per heavy atom. The van der Waals surface area contributed by atoms with Crippen LogP contribution in [0.4, 0.5) is 17.6 Å². The number of hydrogen-bond acceptors (Lipinski definition) is 1. The van der Waals surface area contributed by atoms with E-state index in [1.807, 2.05) is 0 Å². The summed E-state index contributed by atoms with van der Waals surface area (Å²) in [5, 5.41) is 9.53. The molecular formula is C19H12F4O. The van der Waals surface area contributed by atoms with Crippen LogP contribution in [0.5, 0.6) is 0 Å². The van der Waals surface area contributed by atoms with Gasteiger partial charge in [-0.3, -0.25) is 0 Å². The first-order valence-corrected chi connectivity index (χ1v) is 6.58. The fraction of sp³-hybridized carbons (Fsp3) is 0.263. The number of rotatable bonds is 5. The highest BCUT2D eigenvalue weighted by molar-refractivity contribution is 5.54. The lowest BCUT2D eigenvalue weighted by atomic mass is 9.84. The smallest absolute Gasteiger partial charge is 0.186 e. The van der Waals surface area contributed by atoms with E-state index in [0.717, 1.165) is 6.07 Å². The van der Waals surface area contributed by atoms with E-state index in [1.54, 1.807) is 23.7 Å². The van der Waals surface area contributed by atoms with Gasteiger partial charge in [-0.15, -0.1) is 25.7 Å². The number of hydrogen-bond donors (Lipinski definition) is 1. The third-order valence-electron chi connectivity index (χ3n) is 3.38. The Balaban J connectivity index is 4.03. The predicted molar refractivity (Wildman–Crippen MR) is 83.1 cm³/mol. The average Bonchev–Trinajstić information content (AvgIpc) is 2.63. The zero-order valence-electron chi connectivity index (χ0n) is 12.4. The van der Waals surface area contributed by atoms with E-state index >= 15 is 0 Å². The molecule has 0 amide bonds. The van der Waals surface area contributed by atoms with E-state index < -0.39 is 59.1 Å². The van der Waals surface area contributed by atoms with Gasteiger partial charge in [0.25, 0.3) is 0 Å². The van der Waals surface area contributed by atoms with Gasteiger partial charge in [0.1, 0.15) is 0 Å². The van der Waals surface area contributed by atoms with Crippen molar-refractivity contribution in [3.8, 4) is 49.4 Å². The Kier molecular flexibility index (Phi) is 6.49. The Bertz CT molecular complexity index is 724. The second-order valence-electron chi connectivity index (χ2n) is 4.64. The normalized spacial score (nSPS) is 15.0. The topological polar surface area (TPSA) is 20.2 Å². The first-order chi connectivity index (χ1) is 11.4. The van der Waals surface area contributed by atoms with Crippen LogP contribution in [0.15, 0.2) is 6.07 Å². The third-order valence-corrected chi connectivity index (χ3v) is 3.38. The molecule has 24 heavy (non-hydrogen) atoms. The first-order valence-electron chi connectivity index (χ1n) is 6.58. The number of halogens is 4. The van der Waals surface area contributed by atoms with Crippen molar-refractivity contribution in [3.05, 3.63) is 33.9 Å². The summed E-state index contributed by atoms with van der Waals surface area (Å²) in [6.45, 7) is -0.968. The lowest BCUT2D eigenvalue weighted by Gasteiger charge is -2.23. The van der Waals surface area contributed by atoms with Gasteiger partial charge in [0.05, 0.1) is 6.61 Å². The van der Waals surface area contributed by atoms with Crippen LogP contribution in [0.25, 0.3) is 0 Å². The molecule has 0 fully saturated rings. The maximum absolute atomic E-state index is 14.1. The minimum Gasteiger partial charge on any atom is -0.392 e. The minimum atomic E-state index is -2.21. The van der Waals surface area contributed by atoms with Crippen molar-refractivity contribution in [2.24, 2.45) is 0 Å². The SMILES string of the molecule is C#CC(F)c1cc(C(F)C#C)c(C(F)C#C)c(CO)c1C(F)C#C. The van der Waals surface area contributed by atoms with E-state index in [9.17, 15) is 22.7 Å². The van der Waals surface area contributed by atoms with Crippen LogP contribution in [0.3, 0.4) is 0 Å². The molecule has 1 N–H and O–H groups in total. The number of terminal acetylenes is 4. The van der Waals surface area contributed by atoms with Crippen LogP contribution in [-0.2, 0) is 6.61 Å². The molecule has 0 aliphatic heterocycles. The van der Waals surface area contributed by atoms with E-state index in [4.69, 9.17) is 25.7 Å². The van der Waals surface area contributed by atoms with Crippen molar-refractivity contribution in [2.45, 2.75) is 31.3 Å². The number of aliphatic hydroxyl groups excluding tert-OH is 1. The van der Waals surface area contributed by atoms with Crippen molar-refractivity contribution in [2.75, 3.05) is 0 Å². The molecule has 0 aliphatic rings. The monoisotopic (exact) mass is 332 g/mol. The molecule has 0 spiro atoms. The van der Waals surface area contributed by atoms with Crippen molar-refractivity contribution in [1.29, 1.82) is 0 Å². The maximum atomic E-state index is 14.1. The Hall–Kier alpha value is -2.86. The summed E-state index contributed by atoms with van der Waals surface area (Å²) in [6, 6.07) is 0.798. The van der Waals surface area contributed by atoms with Crippen LogP contribution < -0.4 is 0 Å². The Morgan fingerprint density at radius 1 is 0.750 bits per heavy atom. The molecule has 0 saturated carbocycles. The molecular weight excluding hydrogens is 320 g/mol. The summed E-state index contributed by atoms with van der Waals surface area (Å²) >= 11 is 0. The zero-order valence-corrected chi connectivity index (χ0v) is 12.4. The van der Waals surface area contributed by atoms with Crippen LogP contribution in [0.1, 0.15) is 52.5 Å². The molecule has 0 saturated heterocycles. The maximum Gasteiger partial charge on any atom is 0.186 e. The third kappa shape index (κ3) is 3.38. The molecule has 1 rings (SSSR count). The number of benzene rings is 1. The number of aliphatic hydroxyl groups is 1.